The molecule has 1 saturated heterocycles. The summed E-state index contributed by atoms with van der Waals surface area (Å²) >= 11 is -2.69. The van der Waals surface area contributed by atoms with E-state index < -0.39 is 11.1 Å². The number of hydrogen-bond acceptors (Lipinski definition) is 7. The lowest BCUT2D eigenvalue weighted by Crippen LogP contribution is -2.25. The molecule has 3 heterocycles. The Morgan fingerprint density at radius 2 is 1.65 bits per heavy atom. The predicted octanol–water partition coefficient (Wildman–Crippen LogP) is 5.04. The maximum absolute atomic E-state index is 11.7. The molecule has 3 N–H and O–H groups in total. The molecule has 1 unspecified atom stereocenters. The molecule has 37 heavy (non-hydrogen) atoms. The first-order chi connectivity index (χ1) is 17.7. The summed E-state index contributed by atoms with van der Waals surface area (Å²) in [5.41, 5.74) is 4.45. The van der Waals surface area contributed by atoms with Crippen LogP contribution in [0.5, 0.6) is 5.75 Å². The van der Waals surface area contributed by atoms with Gasteiger partial charge in [-0.05, 0) is 72.8 Å². The molecular weight excluding hydrogens is 486 g/mol. The number of benzene rings is 3. The fourth-order valence-corrected chi connectivity index (χ4v) is 5.52. The number of nitrogens with zero attached hydrogens (tertiary/aromatic N) is 4. The Bertz CT molecular complexity index is 1560. The van der Waals surface area contributed by atoms with Gasteiger partial charge in [0.15, 0.2) is 10.5 Å². The summed E-state index contributed by atoms with van der Waals surface area (Å²) in [5, 5.41) is 6.10. The second-order valence-electron chi connectivity index (χ2n) is 9.03. The first-order valence-electron chi connectivity index (χ1n) is 12.1. The van der Waals surface area contributed by atoms with Crippen LogP contribution in [0.1, 0.15) is 12.8 Å². The van der Waals surface area contributed by atoms with Gasteiger partial charge in [-0.3, -0.25) is 4.90 Å². The van der Waals surface area contributed by atoms with Crippen molar-refractivity contribution in [1.29, 1.82) is 0 Å². The average molecular weight is 516 g/mol. The molecule has 5 aromatic rings. The van der Waals surface area contributed by atoms with Crippen LogP contribution in [-0.4, -0.2) is 50.3 Å². The highest BCUT2D eigenvalue weighted by Gasteiger charge is 2.16. The number of aromatic nitrogens is 3. The average Bonchev–Trinajstić information content (AvgIpc) is 3.58. The van der Waals surface area contributed by atoms with E-state index in [1.807, 2.05) is 67.0 Å². The molecule has 8 nitrogen and oxygen atoms in total. The fraction of sp³-hybridized carbons (Fsp3) is 0.214. The maximum atomic E-state index is 11.7. The molecule has 1 fully saturated rings. The second kappa shape index (κ2) is 10.8. The molecule has 190 valence electrons. The third kappa shape index (κ3) is 4.99. The predicted molar refractivity (Wildman–Crippen MR) is 146 cm³/mol. The summed E-state index contributed by atoms with van der Waals surface area (Å²) in [5.74, 6) is 0.864. The molecule has 6 rings (SSSR count). The molecule has 2 aromatic heterocycles. The maximum Gasteiger partial charge on any atom is 0.162 e. The van der Waals surface area contributed by atoms with Crippen molar-refractivity contribution in [2.45, 2.75) is 17.7 Å². The van der Waals surface area contributed by atoms with E-state index in [1.165, 1.54) is 25.9 Å². The summed E-state index contributed by atoms with van der Waals surface area (Å²) in [4.78, 5) is 7.48. The Hall–Kier alpha value is -3.63. The van der Waals surface area contributed by atoms with Crippen molar-refractivity contribution < 1.29 is 13.5 Å². The standard InChI is InChI=1S/C28H26N4O3S.H3N/c33-36(34)27-12-11-24(23-5-1-2-6-25(23)27)26-18-30-32-19-21(17-29-28(26)32)20-7-9-22(10-8-20)35-16-15-31-13-3-4-14-31;/h1-2,5-12,17-19,36H,3-4,13-16H2;1H3. The molecule has 0 amide bonds. The van der Waals surface area contributed by atoms with Gasteiger partial charge in [0.25, 0.3) is 0 Å². The molecular formula is C28H29N5O3S. The van der Waals surface area contributed by atoms with Gasteiger partial charge in [0, 0.05) is 35.5 Å². The number of rotatable bonds is 7. The number of thiol groups is 1. The van der Waals surface area contributed by atoms with Gasteiger partial charge >= 0.3 is 0 Å². The Morgan fingerprint density at radius 3 is 2.41 bits per heavy atom. The van der Waals surface area contributed by atoms with Gasteiger partial charge in [0.2, 0.25) is 0 Å². The third-order valence-corrected chi connectivity index (χ3v) is 7.59. The summed E-state index contributed by atoms with van der Waals surface area (Å²) in [6.07, 6.45) is 8.16. The van der Waals surface area contributed by atoms with Crippen molar-refractivity contribution in [3.63, 3.8) is 0 Å². The van der Waals surface area contributed by atoms with Gasteiger partial charge in [-0.2, -0.15) is 5.10 Å². The van der Waals surface area contributed by atoms with E-state index in [2.05, 4.69) is 10.00 Å². The lowest BCUT2D eigenvalue weighted by Gasteiger charge is -2.15. The van der Waals surface area contributed by atoms with Crippen LogP contribution in [0, 0.1) is 0 Å². The number of ether oxygens (including phenoxy) is 1. The van der Waals surface area contributed by atoms with Crippen LogP contribution in [0.15, 0.2) is 84.1 Å². The quantitative estimate of drug-likeness (QED) is 0.238. The largest absolute Gasteiger partial charge is 0.612 e. The van der Waals surface area contributed by atoms with Gasteiger partial charge in [-0.15, -0.1) is 4.21 Å². The van der Waals surface area contributed by atoms with E-state index in [4.69, 9.17) is 9.72 Å². The first kappa shape index (κ1) is 25.0. The van der Waals surface area contributed by atoms with E-state index in [0.717, 1.165) is 39.9 Å². The van der Waals surface area contributed by atoms with Crippen molar-refractivity contribution in [3.8, 4) is 28.0 Å². The van der Waals surface area contributed by atoms with Crippen molar-refractivity contribution in [2.75, 3.05) is 26.2 Å². The monoisotopic (exact) mass is 515 g/mol. The highest BCUT2D eigenvalue weighted by molar-refractivity contribution is 7.79. The fourth-order valence-electron chi connectivity index (χ4n) is 4.93. The Kier molecular flexibility index (Phi) is 7.29. The SMILES string of the molecule is N.O=[SH+]([O-])c1ccc(-c2cnn3cc(-c4ccc(OCCN5CCCC5)cc4)cnc23)c2ccccc12. The normalized spacial score (nSPS) is 14.6. The minimum Gasteiger partial charge on any atom is -0.612 e. The van der Waals surface area contributed by atoms with Crippen LogP contribution < -0.4 is 10.9 Å². The lowest BCUT2D eigenvalue weighted by molar-refractivity contribution is 0.238. The topological polar surface area (TPSA) is 118 Å². The molecule has 1 aliphatic heterocycles. The zero-order valence-electron chi connectivity index (χ0n) is 20.4. The summed E-state index contributed by atoms with van der Waals surface area (Å²) in [6.45, 7) is 4.02. The van der Waals surface area contributed by atoms with E-state index in [0.29, 0.717) is 22.5 Å². The molecule has 1 atom stereocenters. The van der Waals surface area contributed by atoms with E-state index in [9.17, 15) is 8.76 Å². The highest BCUT2D eigenvalue weighted by atomic mass is 32.2. The van der Waals surface area contributed by atoms with Gasteiger partial charge in [0.05, 0.1) is 17.3 Å². The minimum absolute atomic E-state index is 0. The number of likely N-dealkylation sites (tertiary alicyclic amines) is 1. The molecule has 0 radical (unpaired) electrons. The molecule has 9 heteroatoms. The molecule has 1 aliphatic rings. The molecule has 0 aliphatic carbocycles. The molecule has 0 spiro atoms. The Labute approximate surface area is 217 Å². The van der Waals surface area contributed by atoms with Crippen LogP contribution >= 0.6 is 0 Å². The van der Waals surface area contributed by atoms with Gasteiger partial charge in [-0.1, -0.05) is 30.3 Å². The van der Waals surface area contributed by atoms with Crippen LogP contribution in [-0.2, 0) is 15.3 Å². The van der Waals surface area contributed by atoms with E-state index in [1.54, 1.807) is 16.8 Å². The summed E-state index contributed by atoms with van der Waals surface area (Å²) in [7, 11) is 0. The van der Waals surface area contributed by atoms with Crippen LogP contribution in [0.2, 0.25) is 0 Å². The van der Waals surface area contributed by atoms with Crippen LogP contribution in [0.4, 0.5) is 0 Å². The van der Waals surface area contributed by atoms with Gasteiger partial charge < -0.3 is 15.4 Å². The lowest BCUT2D eigenvalue weighted by atomic mass is 10.00. The van der Waals surface area contributed by atoms with Crippen molar-refractivity contribution >= 4 is 27.5 Å². The van der Waals surface area contributed by atoms with Crippen LogP contribution in [0.25, 0.3) is 38.7 Å². The molecule has 0 saturated carbocycles. The van der Waals surface area contributed by atoms with E-state index >= 15 is 0 Å². The Morgan fingerprint density at radius 1 is 0.892 bits per heavy atom. The van der Waals surface area contributed by atoms with Crippen molar-refractivity contribution in [1.82, 2.24) is 25.6 Å². The smallest absolute Gasteiger partial charge is 0.162 e. The van der Waals surface area contributed by atoms with Gasteiger partial charge in [-0.25, -0.2) is 9.50 Å². The number of hydrogen-bond donors (Lipinski definition) is 1. The Balaban J connectivity index is 0.00000280. The minimum atomic E-state index is -2.69. The molecule has 3 aromatic carbocycles. The number of fused-ring (bicyclic) bond motifs is 2. The second-order valence-corrected chi connectivity index (χ2v) is 10.0. The molecule has 0 bridgehead atoms. The van der Waals surface area contributed by atoms with Crippen LogP contribution in [0.3, 0.4) is 0 Å². The third-order valence-electron chi connectivity index (χ3n) is 6.81. The van der Waals surface area contributed by atoms with Crippen molar-refractivity contribution in [2.24, 2.45) is 0 Å². The zero-order chi connectivity index (χ0) is 24.5. The summed E-state index contributed by atoms with van der Waals surface area (Å²) in [6, 6.07) is 19.1. The first-order valence-corrected chi connectivity index (χ1v) is 13.3. The highest BCUT2D eigenvalue weighted by Crippen LogP contribution is 2.34. The van der Waals surface area contributed by atoms with Gasteiger partial charge in [0.1, 0.15) is 12.4 Å². The van der Waals surface area contributed by atoms with Crippen molar-refractivity contribution in [3.05, 3.63) is 79.3 Å². The van der Waals surface area contributed by atoms with E-state index in [-0.39, 0.29) is 6.15 Å². The summed E-state index contributed by atoms with van der Waals surface area (Å²) < 4.78 is 31.1. The zero-order valence-corrected chi connectivity index (χ0v) is 21.3.